The third-order valence-corrected chi connectivity index (χ3v) is 11.9. The van der Waals surface area contributed by atoms with Gasteiger partial charge in [-0.3, -0.25) is 4.57 Å². The minimum Gasteiger partial charge on any atom is -0.307 e. The molecule has 0 aliphatic heterocycles. The zero-order valence-electron chi connectivity index (χ0n) is 33.0. The highest BCUT2D eigenvalue weighted by Crippen LogP contribution is 2.43. The number of aromatic nitrogens is 5. The van der Waals surface area contributed by atoms with Gasteiger partial charge in [-0.2, -0.15) is 9.97 Å². The van der Waals surface area contributed by atoms with E-state index in [1.54, 1.807) is 0 Å². The van der Waals surface area contributed by atoms with E-state index >= 15 is 0 Å². The van der Waals surface area contributed by atoms with Crippen molar-refractivity contribution >= 4 is 116 Å². The minimum absolute atomic E-state index is 0.177. The fraction of sp³-hybridized carbons (Fsp3) is 0.0392. The molecule has 3 heterocycles. The Morgan fingerprint density at radius 1 is 0.443 bits per heavy atom. The summed E-state index contributed by atoms with van der Waals surface area (Å²) in [5.41, 5.74) is 11.2. The van der Waals surface area contributed by atoms with Crippen molar-refractivity contribution in [1.82, 2.24) is 24.1 Å². The lowest BCUT2D eigenvalue weighted by atomic mass is 9.59. The average Bonchev–Trinajstić information content (AvgIpc) is 3.84. The van der Waals surface area contributed by atoms with Crippen molar-refractivity contribution in [3.63, 3.8) is 0 Å². The summed E-state index contributed by atoms with van der Waals surface area (Å²) in [5.74, 6) is 1.76. The minimum atomic E-state index is 0.177. The van der Waals surface area contributed by atoms with Gasteiger partial charge in [0.15, 0.2) is 11.6 Å². The molecule has 274 valence electrons. The van der Waals surface area contributed by atoms with Crippen molar-refractivity contribution in [2.24, 2.45) is 0 Å². The maximum absolute atomic E-state index is 6.66. The van der Waals surface area contributed by atoms with Crippen molar-refractivity contribution in [3.05, 3.63) is 164 Å². The maximum Gasteiger partial charge on any atom is 0.238 e. The van der Waals surface area contributed by atoms with Crippen LogP contribution in [0.5, 0.6) is 0 Å². The molecule has 0 N–H and O–H groups in total. The quantitative estimate of drug-likeness (QED) is 0.176. The zero-order valence-corrected chi connectivity index (χ0v) is 33.0. The van der Waals surface area contributed by atoms with Gasteiger partial charge < -0.3 is 4.57 Å². The molecule has 1 aliphatic rings. The van der Waals surface area contributed by atoms with E-state index in [2.05, 4.69) is 112 Å². The third-order valence-electron chi connectivity index (χ3n) is 11.9. The first kappa shape index (κ1) is 37.0. The summed E-state index contributed by atoms with van der Waals surface area (Å²) in [6, 6.07) is 48.1. The second-order valence-electron chi connectivity index (χ2n) is 15.4. The molecule has 0 atom stereocenters. The fourth-order valence-corrected chi connectivity index (χ4v) is 8.94. The van der Waals surface area contributed by atoms with Gasteiger partial charge in [0.1, 0.15) is 39.2 Å². The summed E-state index contributed by atoms with van der Waals surface area (Å²) in [4.78, 5) is 15.6. The molecule has 0 saturated carbocycles. The number of fused-ring (bicyclic) bond motifs is 7. The number of rotatable bonds is 6. The van der Waals surface area contributed by atoms with Gasteiger partial charge in [-0.05, 0) is 53.8 Å². The van der Waals surface area contributed by atoms with E-state index in [9.17, 15) is 0 Å². The molecule has 0 saturated heterocycles. The molecule has 10 radical (unpaired) electrons. The molecule has 0 amide bonds. The lowest BCUT2D eigenvalue weighted by molar-refractivity contribution is 0.928. The van der Waals surface area contributed by atoms with Crippen LogP contribution in [0.4, 0.5) is 0 Å². The van der Waals surface area contributed by atoms with Crippen LogP contribution in [0.3, 0.4) is 0 Å². The highest BCUT2D eigenvalue weighted by Gasteiger charge is 2.25. The first-order chi connectivity index (χ1) is 29.9. The Labute approximate surface area is 360 Å². The highest BCUT2D eigenvalue weighted by molar-refractivity contribution is 6.68. The third kappa shape index (κ3) is 5.88. The topological polar surface area (TPSA) is 48.5 Å². The van der Waals surface area contributed by atoms with E-state index in [0.29, 0.717) is 23.2 Å². The second kappa shape index (κ2) is 14.6. The van der Waals surface area contributed by atoms with Crippen LogP contribution in [-0.4, -0.2) is 63.3 Å². The normalized spacial score (nSPS) is 12.8. The Kier molecular flexibility index (Phi) is 8.85. The van der Waals surface area contributed by atoms with Crippen molar-refractivity contribution in [2.45, 2.75) is 12.8 Å². The number of para-hydroxylation sites is 2. The first-order valence-corrected chi connectivity index (χ1v) is 20.2. The van der Waals surface area contributed by atoms with Gasteiger partial charge >= 0.3 is 0 Å². The monoisotopic (exact) mass is 767 g/mol. The molecule has 7 aromatic carbocycles. The number of benzene rings is 7. The number of hydrogen-bond donors (Lipinski definition) is 0. The van der Waals surface area contributed by atoms with Crippen LogP contribution < -0.4 is 27.3 Å². The molecule has 61 heavy (non-hydrogen) atoms. The van der Waals surface area contributed by atoms with Crippen LogP contribution in [0.15, 0.2) is 158 Å². The largest absolute Gasteiger partial charge is 0.307 e. The summed E-state index contributed by atoms with van der Waals surface area (Å²) in [7, 11) is 32.3. The molecule has 10 aromatic rings. The van der Waals surface area contributed by atoms with E-state index in [-0.39, 0.29) is 27.3 Å². The van der Waals surface area contributed by atoms with E-state index in [0.717, 1.165) is 90.0 Å². The molecule has 0 bridgehead atoms. The Balaban J connectivity index is 1.28. The lowest BCUT2D eigenvalue weighted by Crippen LogP contribution is -2.55. The van der Waals surface area contributed by atoms with E-state index in [1.807, 2.05) is 54.6 Å². The van der Waals surface area contributed by atoms with E-state index in [4.69, 9.17) is 54.2 Å². The standard InChI is InChI=1S/C51H30B5N5/c52-42-41(43(53)45(55)46(56)44(42)54)32-24-27-40(37(28-32)29-14-4-1-5-15-29)60-38-22-12-10-20-33(38)35-25-26-36-34-21-11-13-23-39(34)61(48(36)47(35)60)51-58-49(30-16-6-2-7-17-30)57-50(59-51)31-18-8-3-9-19-31/h1-2,4-8,10-28H,3,9H2. The van der Waals surface area contributed by atoms with E-state index in [1.165, 1.54) is 0 Å². The van der Waals surface area contributed by atoms with Crippen LogP contribution >= 0.6 is 0 Å². The lowest BCUT2D eigenvalue weighted by Gasteiger charge is -2.23. The summed E-state index contributed by atoms with van der Waals surface area (Å²) in [6.45, 7) is 0. The van der Waals surface area contributed by atoms with Crippen LogP contribution in [-0.2, 0) is 0 Å². The molecule has 10 heteroatoms. The van der Waals surface area contributed by atoms with Gasteiger partial charge in [0.25, 0.3) is 0 Å². The summed E-state index contributed by atoms with van der Waals surface area (Å²) in [5, 5.41) is 4.33. The van der Waals surface area contributed by atoms with Crippen molar-refractivity contribution in [2.75, 3.05) is 0 Å². The fourth-order valence-electron chi connectivity index (χ4n) is 8.94. The predicted molar refractivity (Wildman–Crippen MR) is 258 cm³/mol. The molecule has 3 aromatic heterocycles. The smallest absolute Gasteiger partial charge is 0.238 e. The predicted octanol–water partition coefficient (Wildman–Crippen LogP) is 6.77. The molecule has 0 unspecified atom stereocenters. The average molecular weight is 767 g/mol. The Hall–Kier alpha value is -7.05. The van der Waals surface area contributed by atoms with Crippen molar-refractivity contribution in [3.8, 4) is 45.3 Å². The van der Waals surface area contributed by atoms with Crippen molar-refractivity contribution in [1.29, 1.82) is 0 Å². The van der Waals surface area contributed by atoms with Crippen LogP contribution in [0.2, 0.25) is 0 Å². The molecule has 11 rings (SSSR count). The van der Waals surface area contributed by atoms with Crippen molar-refractivity contribution < 1.29 is 0 Å². The maximum atomic E-state index is 6.66. The van der Waals surface area contributed by atoms with Gasteiger partial charge in [-0.15, -0.1) is 16.4 Å². The summed E-state index contributed by atoms with van der Waals surface area (Å²) >= 11 is 0. The zero-order chi connectivity index (χ0) is 41.4. The van der Waals surface area contributed by atoms with Gasteiger partial charge in [-0.25, -0.2) is 4.98 Å². The van der Waals surface area contributed by atoms with Crippen LogP contribution in [0, 0.1) is 0 Å². The molecule has 1 aliphatic carbocycles. The SMILES string of the molecule is [B]c1c([B])c([B])c(-c2ccc(-n3c4ccccc4c4ccc5c6ccccc6n(-c6nc(C7=CCCC=C7)nc(-c7ccccc7)n6)c5c43)c(-c3ccccc3)c2)c([B])c1[B]. The molecular weight excluding hydrogens is 737 g/mol. The van der Waals surface area contributed by atoms with Gasteiger partial charge in [0.2, 0.25) is 5.95 Å². The molecule has 5 nitrogen and oxygen atoms in total. The van der Waals surface area contributed by atoms with Crippen LogP contribution in [0.25, 0.3) is 94.5 Å². The van der Waals surface area contributed by atoms with Crippen LogP contribution in [0.1, 0.15) is 18.7 Å². The Morgan fingerprint density at radius 2 is 1.00 bits per heavy atom. The molecule has 0 spiro atoms. The second-order valence-corrected chi connectivity index (χ2v) is 15.4. The van der Waals surface area contributed by atoms with Gasteiger partial charge in [0.05, 0.1) is 27.8 Å². The highest BCUT2D eigenvalue weighted by atomic mass is 15.2. The summed E-state index contributed by atoms with van der Waals surface area (Å²) < 4.78 is 4.57. The Bertz CT molecular complexity index is 3450. The Morgan fingerprint density at radius 3 is 1.64 bits per heavy atom. The number of allylic oxidation sites excluding steroid dienone is 4. The van der Waals surface area contributed by atoms with Gasteiger partial charge in [0, 0.05) is 38.2 Å². The molecule has 0 fully saturated rings. The summed E-state index contributed by atoms with van der Waals surface area (Å²) in [6.07, 6.45) is 8.40. The van der Waals surface area contributed by atoms with E-state index < -0.39 is 0 Å². The molecular formula is C51H30B5N5. The first-order valence-electron chi connectivity index (χ1n) is 20.2. The number of nitrogens with zero attached hydrogens (tertiary/aromatic N) is 5. The van der Waals surface area contributed by atoms with Gasteiger partial charge in [-0.1, -0.05) is 144 Å². The number of hydrogen-bond acceptors (Lipinski definition) is 3.